The van der Waals surface area contributed by atoms with Gasteiger partial charge in [0.15, 0.2) is 5.13 Å². The fraction of sp³-hybridized carbons (Fsp3) is 0.375. The van der Waals surface area contributed by atoms with Gasteiger partial charge in [0.1, 0.15) is 6.61 Å². The quantitative estimate of drug-likeness (QED) is 0.799. The van der Waals surface area contributed by atoms with Crippen molar-refractivity contribution in [3.8, 4) is 0 Å². The van der Waals surface area contributed by atoms with Gasteiger partial charge in [0.25, 0.3) is 5.91 Å². The summed E-state index contributed by atoms with van der Waals surface area (Å²) in [6.07, 6.45) is 3.26. The summed E-state index contributed by atoms with van der Waals surface area (Å²) in [5.41, 5.74) is 2.33. The highest BCUT2D eigenvalue weighted by atomic mass is 32.1. The van der Waals surface area contributed by atoms with Gasteiger partial charge in [0, 0.05) is 11.3 Å². The maximum Gasteiger partial charge on any atom is 0.252 e. The molecular formula is C16H18N2O2S. The summed E-state index contributed by atoms with van der Waals surface area (Å²) < 4.78 is 5.40. The predicted octanol–water partition coefficient (Wildman–Crippen LogP) is 3.22. The van der Waals surface area contributed by atoms with Crippen molar-refractivity contribution < 1.29 is 9.53 Å². The summed E-state index contributed by atoms with van der Waals surface area (Å²) in [7, 11) is 0. The lowest BCUT2D eigenvalue weighted by Gasteiger charge is -2.04. The van der Waals surface area contributed by atoms with Crippen molar-refractivity contribution in [3.05, 3.63) is 47.0 Å². The molecule has 1 N–H and O–H groups in total. The first-order valence-electron chi connectivity index (χ1n) is 7.18. The Morgan fingerprint density at radius 3 is 2.90 bits per heavy atom. The molecule has 110 valence electrons. The summed E-state index contributed by atoms with van der Waals surface area (Å²) in [6.45, 7) is 0.619. The fourth-order valence-corrected chi connectivity index (χ4v) is 2.87. The van der Waals surface area contributed by atoms with Crippen molar-refractivity contribution in [1.82, 2.24) is 4.98 Å². The van der Waals surface area contributed by atoms with Crippen LogP contribution in [0.15, 0.2) is 35.7 Å². The van der Waals surface area contributed by atoms with Crippen LogP contribution < -0.4 is 5.32 Å². The van der Waals surface area contributed by atoms with Crippen molar-refractivity contribution in [2.75, 3.05) is 18.5 Å². The lowest BCUT2D eigenvalue weighted by molar-refractivity contribution is -0.120. The van der Waals surface area contributed by atoms with E-state index >= 15 is 0 Å². The number of nitrogens with zero attached hydrogens (tertiary/aromatic N) is 1. The molecule has 0 radical (unpaired) electrons. The number of carbonyl (C=O) groups excluding carboxylic acids is 1. The molecule has 0 bridgehead atoms. The average Bonchev–Trinajstić information content (AvgIpc) is 3.25. The summed E-state index contributed by atoms with van der Waals surface area (Å²) in [4.78, 5) is 16.2. The number of ether oxygens (including phenoxy) is 1. The number of benzene rings is 1. The minimum Gasteiger partial charge on any atom is -0.371 e. The number of hydrogen-bond acceptors (Lipinski definition) is 4. The Balaban J connectivity index is 1.36. The molecule has 1 aliphatic rings. The van der Waals surface area contributed by atoms with E-state index in [1.54, 1.807) is 0 Å². The van der Waals surface area contributed by atoms with Crippen LogP contribution in [-0.2, 0) is 16.0 Å². The highest BCUT2D eigenvalue weighted by molar-refractivity contribution is 7.13. The molecule has 0 saturated heterocycles. The second-order valence-electron chi connectivity index (χ2n) is 5.19. The second kappa shape index (κ2) is 6.83. The van der Waals surface area contributed by atoms with Crippen LogP contribution in [0, 0.1) is 0 Å². The van der Waals surface area contributed by atoms with E-state index in [-0.39, 0.29) is 12.5 Å². The molecule has 1 aliphatic carbocycles. The molecule has 1 saturated carbocycles. The maximum atomic E-state index is 11.7. The van der Waals surface area contributed by atoms with Gasteiger partial charge in [0.05, 0.1) is 12.3 Å². The van der Waals surface area contributed by atoms with Gasteiger partial charge < -0.3 is 4.74 Å². The number of rotatable bonds is 7. The van der Waals surface area contributed by atoms with E-state index in [0.29, 0.717) is 17.7 Å². The van der Waals surface area contributed by atoms with Gasteiger partial charge in [-0.3, -0.25) is 10.1 Å². The van der Waals surface area contributed by atoms with Crippen LogP contribution >= 0.6 is 11.3 Å². The van der Waals surface area contributed by atoms with Gasteiger partial charge in [-0.05, 0) is 24.8 Å². The van der Waals surface area contributed by atoms with Gasteiger partial charge in [-0.1, -0.05) is 30.3 Å². The van der Waals surface area contributed by atoms with Crippen LogP contribution in [0.4, 0.5) is 5.13 Å². The van der Waals surface area contributed by atoms with E-state index in [1.807, 2.05) is 23.6 Å². The number of anilines is 1. The molecule has 0 atom stereocenters. The summed E-state index contributed by atoms with van der Waals surface area (Å²) >= 11 is 1.48. The van der Waals surface area contributed by atoms with Crippen LogP contribution in [0.5, 0.6) is 0 Å². The molecule has 0 unspecified atom stereocenters. The van der Waals surface area contributed by atoms with Gasteiger partial charge in [-0.25, -0.2) is 4.98 Å². The Labute approximate surface area is 128 Å². The van der Waals surface area contributed by atoms with Crippen molar-refractivity contribution in [3.63, 3.8) is 0 Å². The highest BCUT2D eigenvalue weighted by Crippen LogP contribution is 2.40. The zero-order valence-corrected chi connectivity index (χ0v) is 12.6. The fourth-order valence-electron chi connectivity index (χ4n) is 2.07. The Kier molecular flexibility index (Phi) is 4.62. The highest BCUT2D eigenvalue weighted by Gasteiger charge is 2.26. The van der Waals surface area contributed by atoms with Crippen LogP contribution in [0.25, 0.3) is 0 Å². The SMILES string of the molecule is O=C(COCCc1ccccc1)Nc1nc(C2CC2)cs1. The average molecular weight is 302 g/mol. The lowest BCUT2D eigenvalue weighted by atomic mass is 10.2. The Bertz CT molecular complexity index is 593. The molecule has 21 heavy (non-hydrogen) atoms. The van der Waals surface area contributed by atoms with Crippen LogP contribution in [0.2, 0.25) is 0 Å². The smallest absolute Gasteiger partial charge is 0.252 e. The number of amides is 1. The van der Waals surface area contributed by atoms with Crippen molar-refractivity contribution in [2.24, 2.45) is 0 Å². The first-order valence-corrected chi connectivity index (χ1v) is 8.06. The van der Waals surface area contributed by atoms with E-state index in [0.717, 1.165) is 12.1 Å². The van der Waals surface area contributed by atoms with E-state index in [9.17, 15) is 4.79 Å². The molecule has 5 heteroatoms. The first kappa shape index (κ1) is 14.2. The molecule has 1 amide bonds. The summed E-state index contributed by atoms with van der Waals surface area (Å²) in [6, 6.07) is 10.1. The predicted molar refractivity (Wildman–Crippen MR) is 83.7 cm³/mol. The molecule has 1 aromatic carbocycles. The van der Waals surface area contributed by atoms with Crippen molar-refractivity contribution >= 4 is 22.4 Å². The molecule has 0 spiro atoms. The zero-order chi connectivity index (χ0) is 14.5. The normalized spacial score (nSPS) is 14.1. The molecule has 1 fully saturated rings. The molecule has 2 aromatic rings. The number of aromatic nitrogens is 1. The lowest BCUT2D eigenvalue weighted by Crippen LogP contribution is -2.19. The maximum absolute atomic E-state index is 11.7. The minimum atomic E-state index is -0.139. The largest absolute Gasteiger partial charge is 0.371 e. The van der Waals surface area contributed by atoms with Crippen LogP contribution in [0.3, 0.4) is 0 Å². The molecule has 1 heterocycles. The van der Waals surface area contributed by atoms with E-state index in [1.165, 1.54) is 29.7 Å². The van der Waals surface area contributed by atoms with Crippen molar-refractivity contribution in [2.45, 2.75) is 25.2 Å². The number of thiazole rings is 1. The van der Waals surface area contributed by atoms with Gasteiger partial charge in [0.2, 0.25) is 0 Å². The summed E-state index contributed by atoms with van der Waals surface area (Å²) in [5.74, 6) is 0.480. The van der Waals surface area contributed by atoms with Gasteiger partial charge in [-0.15, -0.1) is 11.3 Å². The molecule has 3 rings (SSSR count). The van der Waals surface area contributed by atoms with E-state index in [4.69, 9.17) is 4.74 Å². The monoisotopic (exact) mass is 302 g/mol. The Morgan fingerprint density at radius 2 is 2.14 bits per heavy atom. The second-order valence-corrected chi connectivity index (χ2v) is 6.05. The number of carbonyl (C=O) groups is 1. The van der Waals surface area contributed by atoms with Gasteiger partial charge in [-0.2, -0.15) is 0 Å². The third kappa shape index (κ3) is 4.37. The first-order chi connectivity index (χ1) is 10.3. The molecular weight excluding hydrogens is 284 g/mol. The third-order valence-corrected chi connectivity index (χ3v) is 4.15. The number of hydrogen-bond donors (Lipinski definition) is 1. The summed E-state index contributed by atoms with van der Waals surface area (Å²) in [5, 5.41) is 5.49. The van der Waals surface area contributed by atoms with Gasteiger partial charge >= 0.3 is 0 Å². The van der Waals surface area contributed by atoms with Crippen LogP contribution in [0.1, 0.15) is 30.0 Å². The molecule has 1 aromatic heterocycles. The topological polar surface area (TPSA) is 51.2 Å². The molecule has 0 aliphatic heterocycles. The zero-order valence-electron chi connectivity index (χ0n) is 11.7. The van der Waals surface area contributed by atoms with Crippen molar-refractivity contribution in [1.29, 1.82) is 0 Å². The number of nitrogens with one attached hydrogen (secondary N) is 1. The molecule has 4 nitrogen and oxygen atoms in total. The van der Waals surface area contributed by atoms with Crippen LogP contribution in [-0.4, -0.2) is 24.1 Å². The van der Waals surface area contributed by atoms with E-state index < -0.39 is 0 Å². The third-order valence-electron chi connectivity index (χ3n) is 3.37. The minimum absolute atomic E-state index is 0.0746. The Hall–Kier alpha value is -1.72. The Morgan fingerprint density at radius 1 is 1.33 bits per heavy atom. The van der Waals surface area contributed by atoms with E-state index in [2.05, 4.69) is 22.4 Å². The standard InChI is InChI=1S/C16H18N2O2S/c19-15(10-20-9-8-12-4-2-1-3-5-12)18-16-17-14(11-21-16)13-6-7-13/h1-5,11,13H,6-10H2,(H,17,18,19).